The average molecular weight is 334 g/mol. The quantitative estimate of drug-likeness (QED) is 0.833. The minimum atomic E-state index is -0.242. The highest BCUT2D eigenvalue weighted by Gasteiger charge is 2.42. The van der Waals surface area contributed by atoms with Crippen LogP contribution in [0.1, 0.15) is 56.3 Å². The Morgan fingerprint density at radius 3 is 2.25 bits per heavy atom. The number of ether oxygens (including phenoxy) is 1. The molecule has 1 aromatic rings. The molecule has 0 aromatic carbocycles. The van der Waals surface area contributed by atoms with Crippen molar-refractivity contribution in [2.24, 2.45) is 17.8 Å². The van der Waals surface area contributed by atoms with Crippen molar-refractivity contribution in [3.63, 3.8) is 0 Å². The Hall–Kier alpha value is -1.63. The fourth-order valence-electron chi connectivity index (χ4n) is 3.74. The smallest absolute Gasteiger partial charge is 0.315 e. The summed E-state index contributed by atoms with van der Waals surface area (Å²) in [6.07, 6.45) is 6.75. The number of aryl methyl sites for hydroxylation is 1. The van der Waals surface area contributed by atoms with E-state index >= 15 is 0 Å². The van der Waals surface area contributed by atoms with Gasteiger partial charge in [-0.15, -0.1) is 0 Å². The zero-order valence-electron chi connectivity index (χ0n) is 14.2. The molecule has 1 atom stereocenters. The summed E-state index contributed by atoms with van der Waals surface area (Å²) in [6, 6.07) is -0.00920. The maximum atomic E-state index is 12.6. The summed E-state index contributed by atoms with van der Waals surface area (Å²) in [4.78, 5) is 17.0. The predicted molar refractivity (Wildman–Crippen MR) is 86.2 cm³/mol. The van der Waals surface area contributed by atoms with Crippen LogP contribution < -0.4 is 10.6 Å². The predicted octanol–water partition coefficient (Wildman–Crippen LogP) is 2.33. The van der Waals surface area contributed by atoms with Crippen LogP contribution in [-0.2, 0) is 4.74 Å². The molecule has 3 fully saturated rings. The van der Waals surface area contributed by atoms with Crippen molar-refractivity contribution >= 4 is 6.03 Å². The summed E-state index contributed by atoms with van der Waals surface area (Å²) in [5, 5.41) is 10.2. The van der Waals surface area contributed by atoms with Crippen molar-refractivity contribution in [1.82, 2.24) is 20.8 Å². The largest absolute Gasteiger partial charge is 0.381 e. The number of amides is 2. The summed E-state index contributed by atoms with van der Waals surface area (Å²) in [7, 11) is 0. The lowest BCUT2D eigenvalue weighted by Crippen LogP contribution is -2.47. The van der Waals surface area contributed by atoms with E-state index in [4.69, 9.17) is 9.26 Å². The lowest BCUT2D eigenvalue weighted by molar-refractivity contribution is 0.0502. The standard InChI is InChI=1S/C17H26N4O3/c1-10-18-16(24-21-10)15(13-6-8-23-9-7-13)20-17(22)19-14(11-2-3-11)12-4-5-12/h11-15H,2-9H2,1H3,(H2,19,20,22)/t15-/m0/s1. The summed E-state index contributed by atoms with van der Waals surface area (Å²) < 4.78 is 10.8. The Labute approximate surface area is 141 Å². The van der Waals surface area contributed by atoms with E-state index in [-0.39, 0.29) is 18.0 Å². The van der Waals surface area contributed by atoms with Crippen molar-refractivity contribution in [3.05, 3.63) is 11.7 Å². The van der Waals surface area contributed by atoms with Gasteiger partial charge in [0.25, 0.3) is 0 Å². The molecule has 2 heterocycles. The molecule has 3 aliphatic rings. The number of carbonyl (C=O) groups is 1. The number of urea groups is 1. The molecule has 1 aromatic heterocycles. The van der Waals surface area contributed by atoms with E-state index in [1.165, 1.54) is 25.7 Å². The second kappa shape index (κ2) is 6.70. The summed E-state index contributed by atoms with van der Waals surface area (Å²) >= 11 is 0. The Balaban J connectivity index is 1.43. The van der Waals surface area contributed by atoms with E-state index in [1.807, 2.05) is 0 Å². The fourth-order valence-corrected chi connectivity index (χ4v) is 3.74. The molecule has 2 aliphatic carbocycles. The molecule has 0 spiro atoms. The van der Waals surface area contributed by atoms with Crippen molar-refractivity contribution in [2.75, 3.05) is 13.2 Å². The van der Waals surface area contributed by atoms with Gasteiger partial charge in [0.1, 0.15) is 6.04 Å². The molecule has 7 heteroatoms. The van der Waals surface area contributed by atoms with Crippen LogP contribution >= 0.6 is 0 Å². The van der Waals surface area contributed by atoms with E-state index in [2.05, 4.69) is 20.8 Å². The second-order valence-electron chi connectivity index (χ2n) is 7.43. The van der Waals surface area contributed by atoms with Gasteiger partial charge in [-0.2, -0.15) is 4.98 Å². The van der Waals surface area contributed by atoms with Gasteiger partial charge in [0.15, 0.2) is 5.82 Å². The van der Waals surface area contributed by atoms with Gasteiger partial charge in [-0.05, 0) is 63.2 Å². The van der Waals surface area contributed by atoms with Gasteiger partial charge in [0, 0.05) is 19.3 Å². The van der Waals surface area contributed by atoms with Gasteiger partial charge in [-0.3, -0.25) is 0 Å². The average Bonchev–Trinajstić information content (AvgIpc) is 3.51. The van der Waals surface area contributed by atoms with E-state index < -0.39 is 0 Å². The number of aromatic nitrogens is 2. The number of nitrogens with one attached hydrogen (secondary N) is 2. The van der Waals surface area contributed by atoms with Crippen LogP contribution in [0.15, 0.2) is 4.52 Å². The van der Waals surface area contributed by atoms with Gasteiger partial charge in [-0.1, -0.05) is 5.16 Å². The topological polar surface area (TPSA) is 89.3 Å². The number of hydrogen-bond acceptors (Lipinski definition) is 5. The zero-order chi connectivity index (χ0) is 16.5. The van der Waals surface area contributed by atoms with Crippen LogP contribution in [0.3, 0.4) is 0 Å². The monoisotopic (exact) mass is 334 g/mol. The summed E-state index contributed by atoms with van der Waals surface area (Å²) in [5.41, 5.74) is 0. The molecule has 7 nitrogen and oxygen atoms in total. The van der Waals surface area contributed by atoms with Gasteiger partial charge >= 0.3 is 6.03 Å². The van der Waals surface area contributed by atoms with Crippen molar-refractivity contribution in [2.45, 2.75) is 57.5 Å². The van der Waals surface area contributed by atoms with E-state index in [9.17, 15) is 4.79 Å². The number of carbonyl (C=O) groups excluding carboxylic acids is 1. The minimum Gasteiger partial charge on any atom is -0.381 e. The molecule has 4 rings (SSSR count). The maximum absolute atomic E-state index is 12.6. The lowest BCUT2D eigenvalue weighted by atomic mass is 9.91. The highest BCUT2D eigenvalue weighted by Crippen LogP contribution is 2.44. The lowest BCUT2D eigenvalue weighted by Gasteiger charge is -2.29. The van der Waals surface area contributed by atoms with E-state index in [0.29, 0.717) is 42.8 Å². The second-order valence-corrected chi connectivity index (χ2v) is 7.43. The Morgan fingerprint density at radius 1 is 1.04 bits per heavy atom. The first kappa shape index (κ1) is 15.9. The molecule has 2 N–H and O–H groups in total. The highest BCUT2D eigenvalue weighted by molar-refractivity contribution is 5.74. The molecule has 2 amide bonds. The van der Waals surface area contributed by atoms with Crippen LogP contribution in [0, 0.1) is 24.7 Å². The minimum absolute atomic E-state index is 0.105. The van der Waals surface area contributed by atoms with Crippen LogP contribution in [0.5, 0.6) is 0 Å². The van der Waals surface area contributed by atoms with Crippen LogP contribution in [0.25, 0.3) is 0 Å². The van der Waals surface area contributed by atoms with Gasteiger partial charge in [0.05, 0.1) is 0 Å². The van der Waals surface area contributed by atoms with Crippen LogP contribution in [0.4, 0.5) is 4.79 Å². The van der Waals surface area contributed by atoms with Crippen molar-refractivity contribution in [1.29, 1.82) is 0 Å². The Morgan fingerprint density at radius 2 is 1.71 bits per heavy atom. The van der Waals surface area contributed by atoms with E-state index in [1.54, 1.807) is 6.92 Å². The molecule has 1 aliphatic heterocycles. The molecule has 0 bridgehead atoms. The first-order valence-electron chi connectivity index (χ1n) is 9.15. The third kappa shape index (κ3) is 3.71. The normalized spacial score (nSPS) is 23.2. The molecule has 24 heavy (non-hydrogen) atoms. The van der Waals surface area contributed by atoms with Crippen molar-refractivity contribution in [3.8, 4) is 0 Å². The Kier molecular flexibility index (Phi) is 4.43. The number of rotatable bonds is 6. The molecule has 0 radical (unpaired) electrons. The molecule has 1 saturated heterocycles. The Bertz CT molecular complexity index is 564. The zero-order valence-corrected chi connectivity index (χ0v) is 14.2. The van der Waals surface area contributed by atoms with Crippen LogP contribution in [0.2, 0.25) is 0 Å². The third-order valence-corrected chi connectivity index (χ3v) is 5.39. The number of hydrogen-bond donors (Lipinski definition) is 2. The maximum Gasteiger partial charge on any atom is 0.315 e. The summed E-state index contributed by atoms with van der Waals surface area (Å²) in [5.74, 6) is 2.72. The molecular formula is C17H26N4O3. The van der Waals surface area contributed by atoms with Gasteiger partial charge < -0.3 is 19.9 Å². The first-order valence-corrected chi connectivity index (χ1v) is 9.15. The van der Waals surface area contributed by atoms with Gasteiger partial charge in [0.2, 0.25) is 5.89 Å². The number of nitrogens with zero attached hydrogens (tertiary/aromatic N) is 2. The first-order chi connectivity index (χ1) is 11.7. The van der Waals surface area contributed by atoms with Crippen molar-refractivity contribution < 1.29 is 14.1 Å². The SMILES string of the molecule is Cc1noc([C@@H](NC(=O)NC(C2CC2)C2CC2)C2CCOCC2)n1. The molecule has 132 valence electrons. The summed E-state index contributed by atoms with van der Waals surface area (Å²) in [6.45, 7) is 3.22. The van der Waals surface area contributed by atoms with Crippen LogP contribution in [-0.4, -0.2) is 35.4 Å². The van der Waals surface area contributed by atoms with E-state index in [0.717, 1.165) is 12.8 Å². The molecular weight excluding hydrogens is 308 g/mol. The highest BCUT2D eigenvalue weighted by atomic mass is 16.5. The third-order valence-electron chi connectivity index (χ3n) is 5.39. The fraction of sp³-hybridized carbons (Fsp3) is 0.824. The molecule has 0 unspecified atom stereocenters. The van der Waals surface area contributed by atoms with Gasteiger partial charge in [-0.25, -0.2) is 4.79 Å². The molecule has 2 saturated carbocycles.